The zero-order valence-corrected chi connectivity index (χ0v) is 11.3. The second kappa shape index (κ2) is 5.16. The lowest BCUT2D eigenvalue weighted by molar-refractivity contribution is -0.0387. The predicted octanol–water partition coefficient (Wildman–Crippen LogP) is 2.17. The van der Waals surface area contributed by atoms with E-state index in [1.54, 1.807) is 23.1 Å². The maximum atomic E-state index is 12.4. The Balaban J connectivity index is 2.24. The van der Waals surface area contributed by atoms with Crippen molar-refractivity contribution in [2.45, 2.75) is 26.0 Å². The number of nitrogens with two attached hydrogens (primary N) is 1. The molecule has 0 aliphatic carbocycles. The number of anilines is 1. The number of amides is 1. The minimum atomic E-state index is -0.0492. The molecule has 2 N–H and O–H groups in total. The summed E-state index contributed by atoms with van der Waals surface area (Å²) in [7, 11) is 0. The van der Waals surface area contributed by atoms with Gasteiger partial charge in [-0.05, 0) is 32.0 Å². The van der Waals surface area contributed by atoms with Crippen LogP contribution in [0.3, 0.4) is 0 Å². The van der Waals surface area contributed by atoms with Gasteiger partial charge in [0.1, 0.15) is 0 Å². The molecule has 1 amide bonds. The molecular weight excluding hydrogens is 252 g/mol. The Kier molecular flexibility index (Phi) is 3.78. The smallest absolute Gasteiger partial charge is 0.254 e. The van der Waals surface area contributed by atoms with E-state index in [2.05, 4.69) is 0 Å². The molecule has 1 aromatic rings. The zero-order valence-electron chi connectivity index (χ0n) is 10.5. The molecule has 0 aromatic heterocycles. The molecule has 5 heteroatoms. The molecule has 1 saturated heterocycles. The number of carbonyl (C=O) groups is 1. The summed E-state index contributed by atoms with van der Waals surface area (Å²) < 4.78 is 5.51. The van der Waals surface area contributed by atoms with E-state index in [1.165, 1.54) is 0 Å². The van der Waals surface area contributed by atoms with Crippen LogP contribution in [-0.4, -0.2) is 36.1 Å². The summed E-state index contributed by atoms with van der Waals surface area (Å²) >= 11 is 5.92. The molecular formula is C13H17ClN2O2. The van der Waals surface area contributed by atoms with Crippen molar-refractivity contribution in [3.05, 3.63) is 28.8 Å². The first-order chi connectivity index (χ1) is 8.47. The largest absolute Gasteiger partial charge is 0.399 e. The summed E-state index contributed by atoms with van der Waals surface area (Å²) in [6.45, 7) is 5.07. The number of rotatable bonds is 1. The monoisotopic (exact) mass is 268 g/mol. The molecule has 4 nitrogen and oxygen atoms in total. The minimum Gasteiger partial charge on any atom is -0.399 e. The molecule has 1 aromatic carbocycles. The summed E-state index contributed by atoms with van der Waals surface area (Å²) in [6.07, 6.45) is 0.0571. The predicted molar refractivity (Wildman–Crippen MR) is 71.8 cm³/mol. The summed E-state index contributed by atoms with van der Waals surface area (Å²) in [5, 5.41) is 0.479. The Morgan fingerprint density at radius 2 is 2.17 bits per heavy atom. The van der Waals surface area contributed by atoms with Gasteiger partial charge >= 0.3 is 0 Å². The number of nitrogens with zero attached hydrogens (tertiary/aromatic N) is 1. The lowest BCUT2D eigenvalue weighted by Gasteiger charge is -2.36. The summed E-state index contributed by atoms with van der Waals surface area (Å²) in [4.78, 5) is 14.2. The van der Waals surface area contributed by atoms with Crippen LogP contribution in [0.25, 0.3) is 0 Å². The Labute approximate surface area is 112 Å². The van der Waals surface area contributed by atoms with Crippen molar-refractivity contribution >= 4 is 23.2 Å². The minimum absolute atomic E-state index is 0.0492. The van der Waals surface area contributed by atoms with Gasteiger partial charge in [-0.3, -0.25) is 4.79 Å². The quantitative estimate of drug-likeness (QED) is 0.794. The van der Waals surface area contributed by atoms with E-state index in [0.717, 1.165) is 0 Å². The van der Waals surface area contributed by atoms with Crippen LogP contribution >= 0.6 is 11.6 Å². The van der Waals surface area contributed by atoms with Crippen LogP contribution in [0.15, 0.2) is 18.2 Å². The number of morpholine rings is 1. The zero-order chi connectivity index (χ0) is 13.3. The third-order valence-corrected chi connectivity index (χ3v) is 3.25. The van der Waals surface area contributed by atoms with Gasteiger partial charge in [-0.25, -0.2) is 0 Å². The molecule has 1 fully saturated rings. The maximum Gasteiger partial charge on any atom is 0.254 e. The van der Waals surface area contributed by atoms with Gasteiger partial charge in [0.25, 0.3) is 5.91 Å². The SMILES string of the molecule is CC1CN(C(=O)c2cc(N)cc(Cl)c2)C(C)CO1. The lowest BCUT2D eigenvalue weighted by atomic mass is 10.1. The molecule has 98 valence electrons. The van der Waals surface area contributed by atoms with Crippen LogP contribution < -0.4 is 5.73 Å². The van der Waals surface area contributed by atoms with Crippen LogP contribution in [0, 0.1) is 0 Å². The van der Waals surface area contributed by atoms with E-state index in [-0.39, 0.29) is 18.1 Å². The van der Waals surface area contributed by atoms with E-state index in [4.69, 9.17) is 22.1 Å². The highest BCUT2D eigenvalue weighted by Gasteiger charge is 2.28. The van der Waals surface area contributed by atoms with Gasteiger partial charge in [0, 0.05) is 22.8 Å². The molecule has 2 rings (SSSR count). The number of ether oxygens (including phenoxy) is 1. The van der Waals surface area contributed by atoms with Crippen LogP contribution in [0.2, 0.25) is 5.02 Å². The third-order valence-electron chi connectivity index (χ3n) is 3.04. The Bertz CT molecular complexity index is 444. The standard InChI is InChI=1S/C13H17ClN2O2/c1-8-7-18-9(2)6-16(8)13(17)10-3-11(14)5-12(15)4-10/h3-5,8-9H,6-7,15H2,1-2H3. The van der Waals surface area contributed by atoms with Crippen molar-refractivity contribution in [3.63, 3.8) is 0 Å². The molecule has 0 radical (unpaired) electrons. The van der Waals surface area contributed by atoms with E-state index in [1.807, 2.05) is 13.8 Å². The number of benzene rings is 1. The Morgan fingerprint density at radius 3 is 2.83 bits per heavy atom. The van der Waals surface area contributed by atoms with Gasteiger partial charge < -0.3 is 15.4 Å². The van der Waals surface area contributed by atoms with E-state index >= 15 is 0 Å². The van der Waals surface area contributed by atoms with E-state index in [9.17, 15) is 4.79 Å². The van der Waals surface area contributed by atoms with Gasteiger partial charge in [-0.15, -0.1) is 0 Å². The van der Waals surface area contributed by atoms with Crippen LogP contribution in [0.1, 0.15) is 24.2 Å². The van der Waals surface area contributed by atoms with Gasteiger partial charge in [-0.2, -0.15) is 0 Å². The highest BCUT2D eigenvalue weighted by molar-refractivity contribution is 6.31. The van der Waals surface area contributed by atoms with E-state index < -0.39 is 0 Å². The third kappa shape index (κ3) is 2.76. The van der Waals surface area contributed by atoms with Crippen molar-refractivity contribution < 1.29 is 9.53 Å². The second-order valence-electron chi connectivity index (χ2n) is 4.72. The van der Waals surface area contributed by atoms with Gasteiger partial charge in [0.2, 0.25) is 0 Å². The van der Waals surface area contributed by atoms with Gasteiger partial charge in [0.05, 0.1) is 18.8 Å². The molecule has 1 aliphatic heterocycles. The molecule has 0 saturated carbocycles. The van der Waals surface area contributed by atoms with Crippen LogP contribution in [-0.2, 0) is 4.74 Å². The van der Waals surface area contributed by atoms with Crippen molar-refractivity contribution in [2.24, 2.45) is 0 Å². The Hall–Kier alpha value is -1.26. The first-order valence-electron chi connectivity index (χ1n) is 5.96. The number of hydrogen-bond donors (Lipinski definition) is 1. The van der Waals surface area contributed by atoms with Crippen molar-refractivity contribution in [3.8, 4) is 0 Å². The first-order valence-corrected chi connectivity index (χ1v) is 6.34. The molecule has 1 aliphatic rings. The normalized spacial score (nSPS) is 24.1. The summed E-state index contributed by atoms with van der Waals surface area (Å²) in [6, 6.07) is 4.99. The fourth-order valence-electron chi connectivity index (χ4n) is 2.09. The summed E-state index contributed by atoms with van der Waals surface area (Å²) in [5.41, 5.74) is 6.74. The Morgan fingerprint density at radius 1 is 1.44 bits per heavy atom. The molecule has 0 spiro atoms. The fraction of sp³-hybridized carbons (Fsp3) is 0.462. The van der Waals surface area contributed by atoms with Gasteiger partial charge in [0.15, 0.2) is 0 Å². The number of halogens is 1. The van der Waals surface area contributed by atoms with Crippen LogP contribution in [0.4, 0.5) is 5.69 Å². The highest BCUT2D eigenvalue weighted by atomic mass is 35.5. The fourth-order valence-corrected chi connectivity index (χ4v) is 2.33. The molecule has 0 bridgehead atoms. The average Bonchev–Trinajstić information content (AvgIpc) is 2.30. The maximum absolute atomic E-state index is 12.4. The first kappa shape index (κ1) is 13.2. The van der Waals surface area contributed by atoms with Crippen molar-refractivity contribution in [1.82, 2.24) is 4.90 Å². The van der Waals surface area contributed by atoms with Gasteiger partial charge in [-0.1, -0.05) is 11.6 Å². The van der Waals surface area contributed by atoms with E-state index in [0.29, 0.717) is 29.4 Å². The van der Waals surface area contributed by atoms with Crippen LogP contribution in [0.5, 0.6) is 0 Å². The number of nitrogen functional groups attached to an aromatic ring is 1. The molecule has 2 unspecified atom stereocenters. The number of hydrogen-bond acceptors (Lipinski definition) is 3. The molecule has 1 heterocycles. The molecule has 18 heavy (non-hydrogen) atoms. The average molecular weight is 269 g/mol. The van der Waals surface area contributed by atoms with Crippen molar-refractivity contribution in [1.29, 1.82) is 0 Å². The molecule has 2 atom stereocenters. The highest BCUT2D eigenvalue weighted by Crippen LogP contribution is 2.20. The second-order valence-corrected chi connectivity index (χ2v) is 5.16. The summed E-state index contributed by atoms with van der Waals surface area (Å²) in [5.74, 6) is -0.0492. The topological polar surface area (TPSA) is 55.6 Å². The van der Waals surface area contributed by atoms with Crippen molar-refractivity contribution in [2.75, 3.05) is 18.9 Å². The number of carbonyl (C=O) groups excluding carboxylic acids is 1. The lowest BCUT2D eigenvalue weighted by Crippen LogP contribution is -2.50.